The van der Waals surface area contributed by atoms with Gasteiger partial charge in [0.15, 0.2) is 5.82 Å². The smallest absolute Gasteiger partial charge is 0.248 e. The maximum absolute atomic E-state index is 12.1. The molecule has 2 rings (SSSR count). The molecule has 1 fully saturated rings. The maximum Gasteiger partial charge on any atom is 0.248 e. The van der Waals surface area contributed by atoms with Crippen LogP contribution in [0.4, 0.5) is 0 Å². The van der Waals surface area contributed by atoms with Crippen LogP contribution < -0.4 is 5.32 Å². The first kappa shape index (κ1) is 12.5. The van der Waals surface area contributed by atoms with E-state index >= 15 is 0 Å². The lowest BCUT2D eigenvalue weighted by atomic mass is 10.0. The summed E-state index contributed by atoms with van der Waals surface area (Å²) >= 11 is 0. The van der Waals surface area contributed by atoms with Gasteiger partial charge in [-0.15, -0.1) is 0 Å². The molecule has 1 aliphatic heterocycles. The van der Waals surface area contributed by atoms with Crippen molar-refractivity contribution in [2.45, 2.75) is 32.7 Å². The number of carbonyl (C=O) groups is 2. The lowest BCUT2D eigenvalue weighted by molar-refractivity contribution is -0.148. The van der Waals surface area contributed by atoms with Gasteiger partial charge in [-0.2, -0.15) is 4.98 Å². The summed E-state index contributed by atoms with van der Waals surface area (Å²) in [7, 11) is 0. The van der Waals surface area contributed by atoms with Crippen molar-refractivity contribution >= 4 is 11.8 Å². The molecule has 18 heavy (non-hydrogen) atoms. The molecule has 0 spiro atoms. The molecule has 7 heteroatoms. The minimum absolute atomic E-state index is 0.0788. The Labute approximate surface area is 105 Å². The molecule has 2 amide bonds. The second-order valence-electron chi connectivity index (χ2n) is 4.89. The van der Waals surface area contributed by atoms with Crippen molar-refractivity contribution in [3.8, 4) is 0 Å². The topological polar surface area (TPSA) is 88.3 Å². The van der Waals surface area contributed by atoms with E-state index in [2.05, 4.69) is 15.5 Å². The highest BCUT2D eigenvalue weighted by Crippen LogP contribution is 2.13. The summed E-state index contributed by atoms with van der Waals surface area (Å²) in [6, 6.07) is 0. The molecule has 98 valence electrons. The van der Waals surface area contributed by atoms with E-state index in [4.69, 9.17) is 4.52 Å². The van der Waals surface area contributed by atoms with Gasteiger partial charge in [-0.1, -0.05) is 5.16 Å². The molecular weight excluding hydrogens is 236 g/mol. The molecule has 1 aromatic heterocycles. The van der Waals surface area contributed by atoms with Crippen LogP contribution in [0.1, 0.15) is 25.6 Å². The van der Waals surface area contributed by atoms with Crippen LogP contribution in [0.3, 0.4) is 0 Å². The third-order valence-electron chi connectivity index (χ3n) is 2.77. The van der Waals surface area contributed by atoms with Crippen molar-refractivity contribution in [3.63, 3.8) is 0 Å². The van der Waals surface area contributed by atoms with Crippen LogP contribution in [0.15, 0.2) is 4.52 Å². The molecule has 0 atom stereocenters. The van der Waals surface area contributed by atoms with E-state index in [1.807, 2.05) is 0 Å². The number of rotatable bonds is 3. The van der Waals surface area contributed by atoms with Crippen molar-refractivity contribution in [2.24, 2.45) is 0 Å². The van der Waals surface area contributed by atoms with Gasteiger partial charge in [0.2, 0.25) is 17.7 Å². The molecule has 0 bridgehead atoms. The molecule has 0 radical (unpaired) electrons. The Morgan fingerprint density at radius 3 is 2.78 bits per heavy atom. The third-order valence-corrected chi connectivity index (χ3v) is 2.77. The van der Waals surface area contributed by atoms with Gasteiger partial charge in [0.05, 0.1) is 6.54 Å². The molecule has 1 aliphatic rings. The summed E-state index contributed by atoms with van der Waals surface area (Å²) in [5, 5.41) is 6.33. The fourth-order valence-corrected chi connectivity index (χ4v) is 1.93. The average molecular weight is 252 g/mol. The highest BCUT2D eigenvalue weighted by atomic mass is 16.5. The van der Waals surface area contributed by atoms with Crippen LogP contribution >= 0.6 is 0 Å². The second kappa shape index (κ2) is 4.40. The highest BCUT2D eigenvalue weighted by Gasteiger charge is 2.38. The molecule has 0 unspecified atom stereocenters. The van der Waals surface area contributed by atoms with Crippen molar-refractivity contribution in [1.82, 2.24) is 20.4 Å². The molecule has 2 heterocycles. The Kier molecular flexibility index (Phi) is 3.06. The summed E-state index contributed by atoms with van der Waals surface area (Å²) < 4.78 is 4.97. The fourth-order valence-electron chi connectivity index (χ4n) is 1.93. The zero-order valence-corrected chi connectivity index (χ0v) is 10.7. The monoisotopic (exact) mass is 252 g/mol. The molecule has 0 saturated carbocycles. The highest BCUT2D eigenvalue weighted by molar-refractivity contribution is 5.97. The number of hydrogen-bond donors (Lipinski definition) is 1. The van der Waals surface area contributed by atoms with Gasteiger partial charge in [-0.25, -0.2) is 0 Å². The average Bonchev–Trinajstić information content (AvgIpc) is 2.67. The van der Waals surface area contributed by atoms with Gasteiger partial charge in [0.25, 0.3) is 0 Å². The molecule has 1 N–H and O–H groups in total. The Morgan fingerprint density at radius 2 is 2.17 bits per heavy atom. The number of hydrogen-bond acceptors (Lipinski definition) is 5. The fraction of sp³-hybridized carbons (Fsp3) is 0.636. The Bertz CT molecular complexity index is 480. The van der Waals surface area contributed by atoms with Gasteiger partial charge in [0.1, 0.15) is 5.54 Å². The van der Waals surface area contributed by atoms with Crippen LogP contribution in [0.2, 0.25) is 0 Å². The van der Waals surface area contributed by atoms with E-state index in [9.17, 15) is 9.59 Å². The zero-order valence-electron chi connectivity index (χ0n) is 10.7. The van der Waals surface area contributed by atoms with Gasteiger partial charge in [0, 0.05) is 13.0 Å². The summed E-state index contributed by atoms with van der Waals surface area (Å²) in [6.07, 6.45) is 0.454. The number of carbonyl (C=O) groups excluding carboxylic acids is 2. The summed E-state index contributed by atoms with van der Waals surface area (Å²) in [5.74, 6) is 0.789. The number of aryl methyl sites for hydroxylation is 1. The SMILES string of the molecule is Cc1noc(CCN2CC(=O)NC(C)(C)C2=O)n1. The van der Waals surface area contributed by atoms with E-state index in [1.165, 1.54) is 4.90 Å². The first-order valence-corrected chi connectivity index (χ1v) is 5.78. The van der Waals surface area contributed by atoms with Crippen molar-refractivity contribution in [2.75, 3.05) is 13.1 Å². The lowest BCUT2D eigenvalue weighted by Crippen LogP contribution is -2.64. The first-order valence-electron chi connectivity index (χ1n) is 5.78. The van der Waals surface area contributed by atoms with Crippen LogP contribution in [-0.4, -0.2) is 45.5 Å². The van der Waals surface area contributed by atoms with E-state index in [1.54, 1.807) is 20.8 Å². The van der Waals surface area contributed by atoms with Crippen LogP contribution in [-0.2, 0) is 16.0 Å². The third kappa shape index (κ3) is 2.49. The molecule has 0 aliphatic carbocycles. The Balaban J connectivity index is 2.00. The number of piperazine rings is 1. The molecule has 1 aromatic rings. The predicted molar refractivity (Wildman–Crippen MR) is 61.5 cm³/mol. The van der Waals surface area contributed by atoms with Crippen molar-refractivity contribution in [3.05, 3.63) is 11.7 Å². The molecular formula is C11H16N4O3. The van der Waals surface area contributed by atoms with Crippen molar-refractivity contribution < 1.29 is 14.1 Å². The minimum atomic E-state index is -0.847. The standard InChI is InChI=1S/C11H16N4O3/c1-7-12-9(18-14-7)4-5-15-6-8(16)13-11(2,3)10(15)17/h4-6H2,1-3H3,(H,13,16). The number of amides is 2. The largest absolute Gasteiger partial charge is 0.341 e. The van der Waals surface area contributed by atoms with Crippen LogP contribution in [0.25, 0.3) is 0 Å². The number of aromatic nitrogens is 2. The maximum atomic E-state index is 12.1. The summed E-state index contributed by atoms with van der Waals surface area (Å²) in [4.78, 5) is 29.1. The number of nitrogens with one attached hydrogen (secondary N) is 1. The van der Waals surface area contributed by atoms with E-state index in [0.717, 1.165) is 0 Å². The molecule has 1 saturated heterocycles. The van der Waals surface area contributed by atoms with Gasteiger partial charge in [-0.3, -0.25) is 9.59 Å². The predicted octanol–water partition coefficient (Wildman–Crippen LogP) is -0.342. The molecule has 7 nitrogen and oxygen atoms in total. The first-order chi connectivity index (χ1) is 8.38. The normalized spacial score (nSPS) is 18.9. The van der Waals surface area contributed by atoms with E-state index in [0.29, 0.717) is 24.7 Å². The van der Waals surface area contributed by atoms with E-state index < -0.39 is 5.54 Å². The van der Waals surface area contributed by atoms with Crippen LogP contribution in [0, 0.1) is 6.92 Å². The second-order valence-corrected chi connectivity index (χ2v) is 4.89. The zero-order chi connectivity index (χ0) is 13.3. The minimum Gasteiger partial charge on any atom is -0.341 e. The van der Waals surface area contributed by atoms with Gasteiger partial charge in [-0.05, 0) is 20.8 Å². The summed E-state index contributed by atoms with van der Waals surface area (Å²) in [6.45, 7) is 5.59. The van der Waals surface area contributed by atoms with E-state index in [-0.39, 0.29) is 18.4 Å². The number of nitrogens with zero attached hydrogens (tertiary/aromatic N) is 3. The van der Waals surface area contributed by atoms with Crippen molar-refractivity contribution in [1.29, 1.82) is 0 Å². The molecule has 0 aromatic carbocycles. The van der Waals surface area contributed by atoms with Gasteiger partial charge >= 0.3 is 0 Å². The van der Waals surface area contributed by atoms with Crippen LogP contribution in [0.5, 0.6) is 0 Å². The Morgan fingerprint density at radius 1 is 1.44 bits per heavy atom. The quantitative estimate of drug-likeness (QED) is 0.795. The summed E-state index contributed by atoms with van der Waals surface area (Å²) in [5.41, 5.74) is -0.847. The van der Waals surface area contributed by atoms with Gasteiger partial charge < -0.3 is 14.7 Å². The lowest BCUT2D eigenvalue weighted by Gasteiger charge is -2.37. The Hall–Kier alpha value is -1.92.